The fourth-order valence-electron chi connectivity index (χ4n) is 6.07. The van der Waals surface area contributed by atoms with Crippen LogP contribution in [0, 0.1) is 23.7 Å². The third-order valence-electron chi connectivity index (χ3n) is 8.18. The van der Waals surface area contributed by atoms with Crippen molar-refractivity contribution in [1.29, 1.82) is 0 Å². The molecular weight excluding hydrogens is 498 g/mol. The highest BCUT2D eigenvalue weighted by atomic mass is 16.8. The molecule has 0 N–H and O–H groups in total. The van der Waals surface area contributed by atoms with E-state index in [1.54, 1.807) is 7.11 Å². The molecule has 2 aromatic rings. The minimum Gasteiger partial charge on any atom is -0.497 e. The number of methoxy groups -OCH3 is 1. The maximum atomic E-state index is 13.7. The van der Waals surface area contributed by atoms with E-state index in [-0.39, 0.29) is 25.5 Å². The third kappa shape index (κ3) is 5.71. The number of esters is 1. The molecule has 6 atom stereocenters. The van der Waals surface area contributed by atoms with Gasteiger partial charge in [0.1, 0.15) is 17.4 Å². The Balaban J connectivity index is 1.58. The second-order valence-corrected chi connectivity index (χ2v) is 11.0. The lowest BCUT2D eigenvalue weighted by atomic mass is 9.75. The Hall–Kier alpha value is -3.26. The Kier molecular flexibility index (Phi) is 8.31. The van der Waals surface area contributed by atoms with Crippen molar-refractivity contribution in [2.24, 2.45) is 28.8 Å². The molecule has 0 radical (unpaired) electrons. The Bertz CT molecular complexity index is 1180. The highest BCUT2D eigenvalue weighted by Gasteiger charge is 2.48. The number of hydrogen-bond acceptors (Lipinski definition) is 8. The Morgan fingerprint density at radius 2 is 1.85 bits per heavy atom. The van der Waals surface area contributed by atoms with Crippen LogP contribution >= 0.6 is 0 Å². The van der Waals surface area contributed by atoms with Gasteiger partial charge in [-0.25, -0.2) is 0 Å². The summed E-state index contributed by atoms with van der Waals surface area (Å²) >= 11 is 0. The zero-order valence-corrected chi connectivity index (χ0v) is 23.4. The highest BCUT2D eigenvalue weighted by Crippen LogP contribution is 2.44. The zero-order chi connectivity index (χ0) is 27.5. The molecule has 1 saturated carbocycles. The summed E-state index contributed by atoms with van der Waals surface area (Å²) < 4.78 is 29.0. The molecule has 0 aromatic heterocycles. The predicted octanol–water partition coefficient (Wildman–Crippen LogP) is 5.92. The highest BCUT2D eigenvalue weighted by molar-refractivity contribution is 6.12. The van der Waals surface area contributed by atoms with Crippen LogP contribution < -0.4 is 14.2 Å². The molecule has 39 heavy (non-hydrogen) atoms. The molecule has 0 amide bonds. The smallest absolute Gasteiger partial charge is 0.316 e. The van der Waals surface area contributed by atoms with Crippen molar-refractivity contribution < 1.29 is 33.3 Å². The monoisotopic (exact) mass is 537 g/mol. The minimum absolute atomic E-state index is 0.00385. The van der Waals surface area contributed by atoms with Crippen molar-refractivity contribution in [3.63, 3.8) is 0 Å². The summed E-state index contributed by atoms with van der Waals surface area (Å²) in [5.41, 5.74) is 2.09. The number of hydrogen-bond donors (Lipinski definition) is 0. The van der Waals surface area contributed by atoms with Gasteiger partial charge in [-0.15, -0.1) is 0 Å². The summed E-state index contributed by atoms with van der Waals surface area (Å²) in [6.07, 6.45) is 2.45. The number of benzene rings is 2. The van der Waals surface area contributed by atoms with Gasteiger partial charge in [0.2, 0.25) is 13.1 Å². The first-order valence-corrected chi connectivity index (χ1v) is 14.0. The zero-order valence-electron chi connectivity index (χ0n) is 23.4. The average Bonchev–Trinajstić information content (AvgIpc) is 3.41. The van der Waals surface area contributed by atoms with Crippen molar-refractivity contribution >= 4 is 11.7 Å². The summed E-state index contributed by atoms with van der Waals surface area (Å²) in [6, 6.07) is 13.2. The fourth-order valence-corrected chi connectivity index (χ4v) is 6.07. The van der Waals surface area contributed by atoms with Crippen molar-refractivity contribution in [1.82, 2.24) is 0 Å². The molecule has 0 bridgehead atoms. The number of oxime groups is 1. The molecule has 8 nitrogen and oxygen atoms in total. The largest absolute Gasteiger partial charge is 0.497 e. The SMILES string of the molecule is CCOC(=O)[C@@H]1C(c2ccc(OC)cc2)=NO[C@H](O[C@H]2C[C@@H](C)CC[C@@H]2C(C)C)[C@H]1c1ccc2c(c1)OCO2. The molecular formula is C31H39NO7. The number of nitrogens with zero attached hydrogens (tertiary/aromatic N) is 1. The molecule has 1 aliphatic carbocycles. The van der Waals surface area contributed by atoms with Crippen LogP contribution in [0.5, 0.6) is 17.2 Å². The van der Waals surface area contributed by atoms with Gasteiger partial charge in [-0.05, 0) is 79.5 Å². The standard InChI is InChI=1S/C31H39NO7/c1-6-35-30(33)28-27(21-10-14-24-26(16-21)37-17-36-24)31(38-25-15-19(4)7-13-23(25)18(2)3)39-32-29(28)20-8-11-22(34-5)12-9-20/h8-12,14,16,18-19,23,25,27-28,31H,6-7,13,15,17H2,1-5H3/t19-,23+,25-,27-,28-,31-/m0/s1. The first-order valence-electron chi connectivity index (χ1n) is 14.0. The van der Waals surface area contributed by atoms with Gasteiger partial charge >= 0.3 is 5.97 Å². The molecule has 1 fully saturated rings. The molecule has 2 heterocycles. The second kappa shape index (κ2) is 11.9. The van der Waals surface area contributed by atoms with Gasteiger partial charge in [-0.2, -0.15) is 0 Å². The maximum Gasteiger partial charge on any atom is 0.316 e. The van der Waals surface area contributed by atoms with E-state index in [4.69, 9.17) is 28.5 Å². The lowest BCUT2D eigenvalue weighted by Crippen LogP contribution is -2.46. The van der Waals surface area contributed by atoms with E-state index < -0.39 is 18.1 Å². The van der Waals surface area contributed by atoms with Crippen LogP contribution in [0.4, 0.5) is 0 Å². The fraction of sp³-hybridized carbons (Fsp3) is 0.548. The van der Waals surface area contributed by atoms with Gasteiger partial charge in [-0.1, -0.05) is 38.4 Å². The van der Waals surface area contributed by atoms with Crippen molar-refractivity contribution in [3.8, 4) is 17.2 Å². The summed E-state index contributed by atoms with van der Waals surface area (Å²) in [5.74, 6) is 1.79. The van der Waals surface area contributed by atoms with E-state index in [1.807, 2.05) is 49.4 Å². The Labute approximate surface area is 230 Å². The topological polar surface area (TPSA) is 84.8 Å². The second-order valence-electron chi connectivity index (χ2n) is 11.0. The summed E-state index contributed by atoms with van der Waals surface area (Å²) in [5, 5.41) is 4.52. The summed E-state index contributed by atoms with van der Waals surface area (Å²) in [4.78, 5) is 19.9. The van der Waals surface area contributed by atoms with Gasteiger partial charge in [-0.3, -0.25) is 4.79 Å². The normalized spacial score (nSPS) is 28.0. The average molecular weight is 538 g/mol. The summed E-state index contributed by atoms with van der Waals surface area (Å²) in [6.45, 7) is 8.98. The Morgan fingerprint density at radius 1 is 1.08 bits per heavy atom. The number of carbonyl (C=O) groups is 1. The van der Waals surface area contributed by atoms with Crippen LogP contribution in [0.2, 0.25) is 0 Å². The van der Waals surface area contributed by atoms with Gasteiger partial charge in [0, 0.05) is 5.56 Å². The van der Waals surface area contributed by atoms with E-state index in [9.17, 15) is 4.79 Å². The van der Waals surface area contributed by atoms with E-state index in [0.717, 1.165) is 24.0 Å². The molecule has 210 valence electrons. The van der Waals surface area contributed by atoms with Crippen LogP contribution in [0.15, 0.2) is 47.6 Å². The quantitative estimate of drug-likeness (QED) is 0.386. The van der Waals surface area contributed by atoms with Crippen LogP contribution in [0.1, 0.15) is 64.0 Å². The van der Waals surface area contributed by atoms with Gasteiger partial charge in [0.15, 0.2) is 11.5 Å². The van der Waals surface area contributed by atoms with Crippen LogP contribution in [0.25, 0.3) is 0 Å². The molecule has 8 heteroatoms. The van der Waals surface area contributed by atoms with E-state index in [2.05, 4.69) is 25.9 Å². The van der Waals surface area contributed by atoms with E-state index in [1.165, 1.54) is 6.42 Å². The molecule has 0 saturated heterocycles. The molecule has 0 spiro atoms. The van der Waals surface area contributed by atoms with Crippen molar-refractivity contribution in [3.05, 3.63) is 53.6 Å². The molecule has 3 aliphatic rings. The predicted molar refractivity (Wildman–Crippen MR) is 146 cm³/mol. The lowest BCUT2D eigenvalue weighted by molar-refractivity contribution is -0.218. The number of carbonyl (C=O) groups excluding carboxylic acids is 1. The van der Waals surface area contributed by atoms with Gasteiger partial charge in [0.05, 0.1) is 25.7 Å². The third-order valence-corrected chi connectivity index (χ3v) is 8.18. The summed E-state index contributed by atoms with van der Waals surface area (Å²) in [7, 11) is 1.62. The van der Waals surface area contributed by atoms with Gasteiger partial charge in [0.25, 0.3) is 0 Å². The van der Waals surface area contributed by atoms with Gasteiger partial charge < -0.3 is 28.5 Å². The van der Waals surface area contributed by atoms with Crippen LogP contribution in [-0.2, 0) is 19.1 Å². The lowest BCUT2D eigenvalue weighted by Gasteiger charge is -2.42. The van der Waals surface area contributed by atoms with Crippen LogP contribution in [0.3, 0.4) is 0 Å². The molecule has 5 rings (SSSR count). The number of fused-ring (bicyclic) bond motifs is 1. The van der Waals surface area contributed by atoms with E-state index in [0.29, 0.717) is 40.7 Å². The molecule has 0 unspecified atom stereocenters. The molecule has 2 aromatic carbocycles. The maximum absolute atomic E-state index is 13.7. The van der Waals surface area contributed by atoms with Crippen molar-refractivity contribution in [2.75, 3.05) is 20.5 Å². The number of ether oxygens (including phenoxy) is 5. The van der Waals surface area contributed by atoms with E-state index >= 15 is 0 Å². The first kappa shape index (κ1) is 27.3. The Morgan fingerprint density at radius 3 is 2.56 bits per heavy atom. The first-order chi connectivity index (χ1) is 18.9. The molecule has 2 aliphatic heterocycles. The van der Waals surface area contributed by atoms with Crippen LogP contribution in [-0.4, -0.2) is 44.6 Å². The van der Waals surface area contributed by atoms with Crippen molar-refractivity contribution in [2.45, 2.75) is 65.3 Å². The minimum atomic E-state index is -0.779. The number of rotatable bonds is 8.